The number of hydrogen-bond acceptors (Lipinski definition) is 7. The van der Waals surface area contributed by atoms with E-state index in [4.69, 9.17) is 11.5 Å². The number of carbonyl (C=O) groups excluding carboxylic acids is 3. The average molecular weight is 622 g/mol. The normalized spacial score (nSPS) is 14.1. The van der Waals surface area contributed by atoms with Crippen LogP contribution in [0.5, 0.6) is 0 Å². The third-order valence-electron chi connectivity index (χ3n) is 7.56. The molecule has 0 saturated heterocycles. The first kappa shape index (κ1) is 32.6. The molecule has 234 valence electrons. The topological polar surface area (TPSA) is 208 Å². The molecular weight excluding hydrogens is 582 g/mol. The molecule has 4 rings (SSSR count). The smallest absolute Gasteiger partial charge is 0.326 e. The Morgan fingerprint density at radius 3 is 1.70 bits per heavy atom. The molecule has 0 bridgehead atoms. The summed E-state index contributed by atoms with van der Waals surface area (Å²) in [5.74, 6) is -2.96. The number of rotatable bonds is 16. The number of fused-ring (bicyclic) bond motifs is 2. The summed E-state index contributed by atoms with van der Waals surface area (Å²) in [4.78, 5) is 58.6. The number of aliphatic carboxylic acids is 1. The number of aromatic nitrogens is 2. The highest BCUT2D eigenvalue weighted by Gasteiger charge is 2.31. The number of thiol groups is 1. The number of amides is 3. The molecule has 4 aromatic rings. The first-order chi connectivity index (χ1) is 21.2. The Morgan fingerprint density at radius 1 is 0.750 bits per heavy atom. The molecule has 10 N–H and O–H groups in total. The molecule has 0 aliphatic rings. The number of carboxylic acid groups (broad SMARTS) is 1. The standard InChI is InChI=1S/C31H39N7O5S/c32-12-6-5-11-25(31(42)43)36-29(40)27(14-19-16-35-24-10-4-2-8-21(19)24)38-30(41)26(37-28(39)22(33)17-44)13-18-15-34-23-9-3-1-7-20(18)23/h1-4,7-10,15-16,22,25-27,34-35,44H,5-6,11-14,17,32-33H2,(H,36,40)(H,37,39)(H,38,41)(H,42,43). The minimum absolute atomic E-state index is 0.0690. The molecule has 12 nitrogen and oxygen atoms in total. The van der Waals surface area contributed by atoms with Gasteiger partial charge in [-0.05, 0) is 49.1 Å². The van der Waals surface area contributed by atoms with Crippen molar-refractivity contribution in [3.8, 4) is 0 Å². The largest absolute Gasteiger partial charge is 0.480 e. The Kier molecular flexibility index (Phi) is 11.4. The van der Waals surface area contributed by atoms with Crippen molar-refractivity contribution >= 4 is 58.1 Å². The summed E-state index contributed by atoms with van der Waals surface area (Å²) >= 11 is 4.10. The summed E-state index contributed by atoms with van der Waals surface area (Å²) in [6.07, 6.45) is 5.01. The van der Waals surface area contributed by atoms with Gasteiger partial charge in [0.1, 0.15) is 18.1 Å². The van der Waals surface area contributed by atoms with Crippen LogP contribution in [0.4, 0.5) is 0 Å². The van der Waals surface area contributed by atoms with E-state index in [0.29, 0.717) is 19.4 Å². The second-order valence-corrected chi connectivity index (χ2v) is 11.1. The van der Waals surface area contributed by atoms with Gasteiger partial charge in [0.05, 0.1) is 6.04 Å². The Balaban J connectivity index is 1.62. The van der Waals surface area contributed by atoms with Crippen LogP contribution in [0.2, 0.25) is 0 Å². The zero-order valence-corrected chi connectivity index (χ0v) is 25.1. The van der Waals surface area contributed by atoms with E-state index in [-0.39, 0.29) is 25.0 Å². The highest BCUT2D eigenvalue weighted by molar-refractivity contribution is 7.80. The lowest BCUT2D eigenvalue weighted by Gasteiger charge is -2.25. The van der Waals surface area contributed by atoms with E-state index in [2.05, 4.69) is 38.5 Å². The minimum Gasteiger partial charge on any atom is -0.480 e. The lowest BCUT2D eigenvalue weighted by Crippen LogP contribution is -2.58. The third-order valence-corrected chi connectivity index (χ3v) is 7.95. The first-order valence-electron chi connectivity index (χ1n) is 14.5. The molecule has 3 amide bonds. The van der Waals surface area contributed by atoms with E-state index in [0.717, 1.165) is 32.9 Å². The van der Waals surface area contributed by atoms with Crippen molar-refractivity contribution in [2.75, 3.05) is 12.3 Å². The van der Waals surface area contributed by atoms with Gasteiger partial charge in [-0.15, -0.1) is 0 Å². The van der Waals surface area contributed by atoms with E-state index >= 15 is 0 Å². The summed E-state index contributed by atoms with van der Waals surface area (Å²) < 4.78 is 0. The molecule has 0 aliphatic carbocycles. The monoisotopic (exact) mass is 621 g/mol. The quantitative estimate of drug-likeness (QED) is 0.0662. The molecule has 4 atom stereocenters. The van der Waals surface area contributed by atoms with Crippen LogP contribution in [-0.4, -0.2) is 75.2 Å². The maximum atomic E-state index is 13.9. The van der Waals surface area contributed by atoms with Gasteiger partial charge in [0, 0.05) is 52.8 Å². The zero-order chi connectivity index (χ0) is 31.6. The summed E-state index contributed by atoms with van der Waals surface area (Å²) in [7, 11) is 0. The van der Waals surface area contributed by atoms with E-state index < -0.39 is 47.9 Å². The average Bonchev–Trinajstić information content (AvgIpc) is 3.63. The maximum absolute atomic E-state index is 13.9. The predicted octanol–water partition coefficient (Wildman–Crippen LogP) is 1.36. The van der Waals surface area contributed by atoms with E-state index in [1.807, 2.05) is 48.5 Å². The van der Waals surface area contributed by atoms with Crippen molar-refractivity contribution in [1.82, 2.24) is 25.9 Å². The van der Waals surface area contributed by atoms with Crippen molar-refractivity contribution in [3.05, 3.63) is 72.1 Å². The number of aromatic amines is 2. The van der Waals surface area contributed by atoms with E-state index in [9.17, 15) is 24.3 Å². The van der Waals surface area contributed by atoms with Crippen molar-refractivity contribution in [3.63, 3.8) is 0 Å². The number of hydrogen-bond donors (Lipinski definition) is 9. The van der Waals surface area contributed by atoms with E-state index in [1.165, 1.54) is 0 Å². The number of H-pyrrole nitrogens is 2. The SMILES string of the molecule is NCCCCC(NC(=O)C(Cc1c[nH]c2ccccc12)NC(=O)C(Cc1c[nH]c2ccccc12)NC(=O)C(N)CS)C(=O)O. The fraction of sp³-hybridized carbons (Fsp3) is 0.355. The second-order valence-electron chi connectivity index (χ2n) is 10.7. The van der Waals surface area contributed by atoms with Crippen molar-refractivity contribution in [2.24, 2.45) is 11.5 Å². The summed E-state index contributed by atoms with van der Waals surface area (Å²) in [6.45, 7) is 0.403. The number of nitrogens with two attached hydrogens (primary N) is 2. The Morgan fingerprint density at radius 2 is 1.23 bits per heavy atom. The Bertz CT molecular complexity index is 1600. The van der Waals surface area contributed by atoms with Crippen LogP contribution in [0.3, 0.4) is 0 Å². The van der Waals surface area contributed by atoms with Crippen molar-refractivity contribution < 1.29 is 24.3 Å². The Labute approximate surface area is 260 Å². The number of benzene rings is 2. The van der Waals surface area contributed by atoms with Crippen molar-refractivity contribution in [1.29, 1.82) is 0 Å². The van der Waals surface area contributed by atoms with Crippen LogP contribution in [0.25, 0.3) is 21.8 Å². The van der Waals surface area contributed by atoms with Gasteiger partial charge in [-0.2, -0.15) is 12.6 Å². The van der Waals surface area contributed by atoms with Crippen LogP contribution in [0, 0.1) is 0 Å². The van der Waals surface area contributed by atoms with Crippen LogP contribution >= 0.6 is 12.6 Å². The maximum Gasteiger partial charge on any atom is 0.326 e. The molecule has 0 fully saturated rings. The van der Waals surface area contributed by atoms with Gasteiger partial charge in [0.25, 0.3) is 0 Å². The Hall–Kier alpha value is -4.33. The third kappa shape index (κ3) is 8.18. The van der Waals surface area contributed by atoms with Gasteiger partial charge < -0.3 is 42.5 Å². The lowest BCUT2D eigenvalue weighted by atomic mass is 10.0. The molecule has 2 aromatic carbocycles. The molecule has 4 unspecified atom stereocenters. The van der Waals surface area contributed by atoms with Gasteiger partial charge in [0.15, 0.2) is 0 Å². The predicted molar refractivity (Wildman–Crippen MR) is 172 cm³/mol. The molecule has 0 saturated carbocycles. The summed E-state index contributed by atoms with van der Waals surface area (Å²) in [5.41, 5.74) is 14.7. The molecule has 0 spiro atoms. The fourth-order valence-corrected chi connectivity index (χ4v) is 5.28. The van der Waals surface area contributed by atoms with Crippen LogP contribution < -0.4 is 27.4 Å². The molecule has 13 heteroatoms. The second kappa shape index (κ2) is 15.4. The van der Waals surface area contributed by atoms with Crippen LogP contribution in [-0.2, 0) is 32.0 Å². The van der Waals surface area contributed by atoms with Crippen molar-refractivity contribution in [2.45, 2.75) is 56.3 Å². The van der Waals surface area contributed by atoms with Gasteiger partial charge in [-0.1, -0.05) is 36.4 Å². The highest BCUT2D eigenvalue weighted by Crippen LogP contribution is 2.21. The lowest BCUT2D eigenvalue weighted by molar-refractivity contribution is -0.142. The van der Waals surface area contributed by atoms with E-state index in [1.54, 1.807) is 12.4 Å². The molecule has 2 aromatic heterocycles. The number of carboxylic acids is 1. The first-order valence-corrected chi connectivity index (χ1v) is 15.2. The van der Waals surface area contributed by atoms with Gasteiger partial charge >= 0.3 is 5.97 Å². The number of nitrogens with one attached hydrogen (secondary N) is 5. The minimum atomic E-state index is -1.18. The highest BCUT2D eigenvalue weighted by atomic mass is 32.1. The number of unbranched alkanes of at least 4 members (excludes halogenated alkanes) is 1. The van der Waals surface area contributed by atoms with Gasteiger partial charge in [-0.3, -0.25) is 14.4 Å². The fourth-order valence-electron chi connectivity index (χ4n) is 5.12. The molecule has 44 heavy (non-hydrogen) atoms. The zero-order valence-electron chi connectivity index (χ0n) is 24.2. The van der Waals surface area contributed by atoms with Gasteiger partial charge in [-0.25, -0.2) is 4.79 Å². The summed E-state index contributed by atoms with van der Waals surface area (Å²) in [5, 5.41) is 19.6. The molecule has 2 heterocycles. The summed E-state index contributed by atoms with van der Waals surface area (Å²) in [6, 6.07) is 10.7. The van der Waals surface area contributed by atoms with Crippen LogP contribution in [0.1, 0.15) is 30.4 Å². The molecule has 0 radical (unpaired) electrons. The number of carbonyl (C=O) groups is 4. The number of para-hydroxylation sites is 2. The van der Waals surface area contributed by atoms with Crippen LogP contribution in [0.15, 0.2) is 60.9 Å². The molecule has 0 aliphatic heterocycles. The molecular formula is C31H39N7O5S. The van der Waals surface area contributed by atoms with Gasteiger partial charge in [0.2, 0.25) is 17.7 Å².